The lowest BCUT2D eigenvalue weighted by atomic mass is 9.61. The number of likely N-dealkylation sites (tertiary alicyclic amines) is 1. The molecule has 2 heterocycles. The third kappa shape index (κ3) is 4.06. The number of hydrogen-bond donors (Lipinski definition) is 2. The number of nitrogens with zero attached hydrogens (tertiary/aromatic N) is 1. The van der Waals surface area contributed by atoms with Crippen molar-refractivity contribution in [3.8, 4) is 5.75 Å². The number of carbonyl (C=O) groups is 2. The van der Waals surface area contributed by atoms with E-state index in [2.05, 4.69) is 5.32 Å². The molecule has 27 heavy (non-hydrogen) atoms. The van der Waals surface area contributed by atoms with Gasteiger partial charge in [0.2, 0.25) is 5.91 Å². The Kier molecular flexibility index (Phi) is 6.27. The molecule has 0 saturated carbocycles. The highest BCUT2D eigenvalue weighted by Crippen LogP contribution is 2.47. The summed E-state index contributed by atoms with van der Waals surface area (Å²) in [5, 5.41) is 13.3. The van der Waals surface area contributed by atoms with Crippen LogP contribution in [0, 0.1) is 17.3 Å². The molecule has 2 atom stereocenters. The molecule has 0 aliphatic carbocycles. The fourth-order valence-corrected chi connectivity index (χ4v) is 4.92. The summed E-state index contributed by atoms with van der Waals surface area (Å²) in [5.74, 6) is -1.15. The lowest BCUT2D eigenvalue weighted by Crippen LogP contribution is -2.61. The Morgan fingerprint density at radius 1 is 1.33 bits per heavy atom. The number of benzene rings is 1. The number of carbonyl (C=O) groups excluding carboxylic acids is 1. The molecule has 2 unspecified atom stereocenters. The molecule has 2 N–H and O–H groups in total. The van der Waals surface area contributed by atoms with Gasteiger partial charge < -0.3 is 20.1 Å². The number of carboxylic acid groups (broad SMARTS) is 1. The Morgan fingerprint density at radius 3 is 2.56 bits per heavy atom. The van der Waals surface area contributed by atoms with Gasteiger partial charge in [0.05, 0.1) is 18.9 Å². The van der Waals surface area contributed by atoms with Crippen LogP contribution in [0.2, 0.25) is 0 Å². The number of amides is 1. The summed E-state index contributed by atoms with van der Waals surface area (Å²) in [6.07, 6.45) is 1.91. The van der Waals surface area contributed by atoms with Crippen molar-refractivity contribution in [3.05, 3.63) is 29.8 Å². The quantitative estimate of drug-likeness (QED) is 0.724. The summed E-state index contributed by atoms with van der Waals surface area (Å²) in [7, 11) is 1.62. The Bertz CT molecular complexity index is 673. The smallest absolute Gasteiger partial charge is 0.307 e. The number of piperidine rings is 2. The van der Waals surface area contributed by atoms with Crippen molar-refractivity contribution in [3.63, 3.8) is 0 Å². The molecule has 0 aromatic heterocycles. The summed E-state index contributed by atoms with van der Waals surface area (Å²) < 4.78 is 5.19. The fourth-order valence-electron chi connectivity index (χ4n) is 4.68. The molecular weight excluding hydrogens is 368 g/mol. The molecule has 2 fully saturated rings. The number of hydrogen-bond acceptors (Lipinski definition) is 4. The first-order valence-electron chi connectivity index (χ1n) is 9.42. The second-order valence-electron chi connectivity index (χ2n) is 7.55. The lowest BCUT2D eigenvalue weighted by Gasteiger charge is -2.51. The van der Waals surface area contributed by atoms with Crippen LogP contribution in [0.25, 0.3) is 0 Å². The van der Waals surface area contributed by atoms with Crippen LogP contribution in [0.4, 0.5) is 0 Å². The maximum atomic E-state index is 13.1. The number of methoxy groups -OCH3 is 1. The zero-order chi connectivity index (χ0) is 19.4. The molecule has 0 radical (unpaired) electrons. The predicted molar refractivity (Wildman–Crippen MR) is 103 cm³/mol. The third-order valence-electron chi connectivity index (χ3n) is 6.01. The van der Waals surface area contributed by atoms with Gasteiger partial charge in [0.1, 0.15) is 5.75 Å². The SMILES string of the molecule is COc1ccc(CN2CC3(CCNCC3)C(C(=O)O)C(CCCl)C2=O)cc1. The van der Waals surface area contributed by atoms with E-state index in [4.69, 9.17) is 16.3 Å². The van der Waals surface area contributed by atoms with Gasteiger partial charge in [0.15, 0.2) is 0 Å². The number of halogens is 1. The average molecular weight is 395 g/mol. The summed E-state index contributed by atoms with van der Waals surface area (Å²) in [4.78, 5) is 27.1. The number of rotatable bonds is 6. The van der Waals surface area contributed by atoms with Gasteiger partial charge in [0, 0.05) is 24.4 Å². The summed E-state index contributed by atoms with van der Waals surface area (Å²) in [5.41, 5.74) is 0.611. The third-order valence-corrected chi connectivity index (χ3v) is 6.23. The molecule has 6 nitrogen and oxygen atoms in total. The highest BCUT2D eigenvalue weighted by atomic mass is 35.5. The number of carboxylic acids is 1. The van der Waals surface area contributed by atoms with E-state index in [0.29, 0.717) is 19.5 Å². The van der Waals surface area contributed by atoms with E-state index in [1.807, 2.05) is 29.2 Å². The van der Waals surface area contributed by atoms with Crippen LogP contribution in [0.1, 0.15) is 24.8 Å². The molecule has 1 amide bonds. The first-order chi connectivity index (χ1) is 13.0. The molecule has 1 spiro atoms. The Hall–Kier alpha value is -1.79. The van der Waals surface area contributed by atoms with Crippen molar-refractivity contribution in [1.82, 2.24) is 10.2 Å². The molecule has 2 aliphatic heterocycles. The van der Waals surface area contributed by atoms with Gasteiger partial charge in [-0.1, -0.05) is 12.1 Å². The number of alkyl halides is 1. The van der Waals surface area contributed by atoms with E-state index in [1.54, 1.807) is 7.11 Å². The van der Waals surface area contributed by atoms with Gasteiger partial charge in [-0.2, -0.15) is 0 Å². The van der Waals surface area contributed by atoms with Crippen molar-refractivity contribution in [2.24, 2.45) is 17.3 Å². The minimum Gasteiger partial charge on any atom is -0.497 e. The molecular formula is C20H27ClN2O4. The molecule has 2 aliphatic rings. The monoisotopic (exact) mass is 394 g/mol. The molecule has 2 saturated heterocycles. The molecule has 148 valence electrons. The van der Waals surface area contributed by atoms with Crippen LogP contribution >= 0.6 is 11.6 Å². The first-order valence-corrected chi connectivity index (χ1v) is 9.95. The van der Waals surface area contributed by atoms with Crippen LogP contribution in [0.5, 0.6) is 5.75 Å². The number of aliphatic carboxylic acids is 1. The van der Waals surface area contributed by atoms with E-state index < -0.39 is 23.2 Å². The van der Waals surface area contributed by atoms with Gasteiger partial charge in [-0.15, -0.1) is 11.6 Å². The van der Waals surface area contributed by atoms with Gasteiger partial charge in [-0.3, -0.25) is 9.59 Å². The molecule has 3 rings (SSSR count). The molecule has 7 heteroatoms. The highest BCUT2D eigenvalue weighted by molar-refractivity contribution is 6.18. The summed E-state index contributed by atoms with van der Waals surface area (Å²) in [6, 6.07) is 7.64. The van der Waals surface area contributed by atoms with Crippen molar-refractivity contribution < 1.29 is 19.4 Å². The topological polar surface area (TPSA) is 78.9 Å². The second kappa shape index (κ2) is 8.48. The number of nitrogens with one attached hydrogen (secondary N) is 1. The molecule has 0 bridgehead atoms. The summed E-state index contributed by atoms with van der Waals surface area (Å²) >= 11 is 5.95. The maximum Gasteiger partial charge on any atom is 0.307 e. The minimum absolute atomic E-state index is 0.0944. The molecule has 1 aromatic rings. The van der Waals surface area contributed by atoms with Crippen molar-refractivity contribution in [2.75, 3.05) is 32.6 Å². The van der Waals surface area contributed by atoms with Crippen LogP contribution < -0.4 is 10.1 Å². The average Bonchev–Trinajstić information content (AvgIpc) is 2.67. The van der Waals surface area contributed by atoms with Crippen molar-refractivity contribution >= 4 is 23.5 Å². The van der Waals surface area contributed by atoms with Gasteiger partial charge in [-0.25, -0.2) is 0 Å². The van der Waals surface area contributed by atoms with E-state index in [9.17, 15) is 14.7 Å². The van der Waals surface area contributed by atoms with E-state index >= 15 is 0 Å². The summed E-state index contributed by atoms with van der Waals surface area (Å²) in [6.45, 7) is 2.52. The first kappa shape index (κ1) is 20.0. The Balaban J connectivity index is 1.89. The normalized spacial score (nSPS) is 24.8. The zero-order valence-electron chi connectivity index (χ0n) is 15.6. The van der Waals surface area contributed by atoms with Gasteiger partial charge >= 0.3 is 5.97 Å². The largest absolute Gasteiger partial charge is 0.497 e. The maximum absolute atomic E-state index is 13.1. The second-order valence-corrected chi connectivity index (χ2v) is 7.93. The Labute approximate surface area is 164 Å². The van der Waals surface area contributed by atoms with E-state index in [0.717, 1.165) is 37.2 Å². The van der Waals surface area contributed by atoms with Crippen LogP contribution in [-0.2, 0) is 16.1 Å². The van der Waals surface area contributed by atoms with Gasteiger partial charge in [-0.05, 0) is 50.0 Å². The van der Waals surface area contributed by atoms with Gasteiger partial charge in [0.25, 0.3) is 0 Å². The fraction of sp³-hybridized carbons (Fsp3) is 0.600. The highest BCUT2D eigenvalue weighted by Gasteiger charge is 2.55. The standard InChI is InChI=1S/C20H27ClN2O4/c1-27-15-4-2-14(3-5-15)12-23-13-20(7-10-22-11-8-20)17(19(25)26)16(6-9-21)18(23)24/h2-5,16-17,22H,6-13H2,1H3,(H,25,26). The van der Waals surface area contributed by atoms with Crippen LogP contribution in [0.3, 0.4) is 0 Å². The van der Waals surface area contributed by atoms with Crippen LogP contribution in [0.15, 0.2) is 24.3 Å². The predicted octanol–water partition coefficient (Wildman–Crippen LogP) is 2.35. The van der Waals surface area contributed by atoms with Crippen LogP contribution in [-0.4, -0.2) is 54.5 Å². The molecule has 1 aromatic carbocycles. The van der Waals surface area contributed by atoms with E-state index in [1.165, 1.54) is 0 Å². The zero-order valence-corrected chi connectivity index (χ0v) is 16.4. The Morgan fingerprint density at radius 2 is 2.00 bits per heavy atom. The van der Waals surface area contributed by atoms with Crippen molar-refractivity contribution in [2.45, 2.75) is 25.8 Å². The van der Waals surface area contributed by atoms with Crippen molar-refractivity contribution in [1.29, 1.82) is 0 Å². The van der Waals surface area contributed by atoms with E-state index in [-0.39, 0.29) is 11.8 Å². The number of ether oxygens (including phenoxy) is 1. The minimum atomic E-state index is -0.871. The lowest BCUT2D eigenvalue weighted by molar-refractivity contribution is -0.169.